The lowest BCUT2D eigenvalue weighted by Gasteiger charge is -2.14. The molecular weight excluding hydrogens is 264 g/mol. The highest BCUT2D eigenvalue weighted by Gasteiger charge is 2.15. The summed E-state index contributed by atoms with van der Waals surface area (Å²) in [6, 6.07) is 6.95. The molecule has 2 aromatic rings. The molecule has 0 saturated heterocycles. The third-order valence-electron chi connectivity index (χ3n) is 2.80. The summed E-state index contributed by atoms with van der Waals surface area (Å²) in [4.78, 5) is 10.4. The number of nitro groups is 1. The first-order chi connectivity index (χ1) is 9.11. The second-order valence-corrected chi connectivity index (χ2v) is 4.85. The molecule has 0 bridgehead atoms. The van der Waals surface area contributed by atoms with Crippen molar-refractivity contribution >= 4 is 22.7 Å². The SMILES string of the molecule is COc1cc(NC(C)c2ccsc2)ccc1[N+](=O)[O-]. The summed E-state index contributed by atoms with van der Waals surface area (Å²) in [6.45, 7) is 2.04. The Morgan fingerprint density at radius 3 is 2.79 bits per heavy atom. The van der Waals surface area contributed by atoms with E-state index >= 15 is 0 Å². The zero-order chi connectivity index (χ0) is 13.8. The van der Waals surface area contributed by atoms with Gasteiger partial charge >= 0.3 is 5.69 Å². The van der Waals surface area contributed by atoms with Gasteiger partial charge in [-0.2, -0.15) is 11.3 Å². The average molecular weight is 278 g/mol. The van der Waals surface area contributed by atoms with Gasteiger partial charge < -0.3 is 10.1 Å². The molecule has 1 heterocycles. The standard InChI is InChI=1S/C13H14N2O3S/c1-9(10-5-6-19-8-10)14-11-3-4-12(15(16)17)13(7-11)18-2/h3-9,14H,1-2H3. The molecule has 1 N–H and O–H groups in total. The van der Waals surface area contributed by atoms with E-state index in [1.54, 1.807) is 23.5 Å². The zero-order valence-corrected chi connectivity index (χ0v) is 11.4. The van der Waals surface area contributed by atoms with E-state index in [1.165, 1.54) is 18.7 Å². The lowest BCUT2D eigenvalue weighted by atomic mass is 10.1. The number of anilines is 1. The van der Waals surface area contributed by atoms with Crippen molar-refractivity contribution in [3.8, 4) is 5.75 Å². The van der Waals surface area contributed by atoms with Gasteiger partial charge in [-0.3, -0.25) is 10.1 Å². The summed E-state index contributed by atoms with van der Waals surface area (Å²) in [6.07, 6.45) is 0. The van der Waals surface area contributed by atoms with Crippen molar-refractivity contribution in [1.82, 2.24) is 0 Å². The molecule has 1 unspecified atom stereocenters. The highest BCUT2D eigenvalue weighted by molar-refractivity contribution is 7.07. The number of methoxy groups -OCH3 is 1. The number of ether oxygens (including phenoxy) is 1. The molecule has 0 fully saturated rings. The van der Waals surface area contributed by atoms with Crippen LogP contribution >= 0.6 is 11.3 Å². The van der Waals surface area contributed by atoms with Crippen LogP contribution in [0, 0.1) is 10.1 Å². The molecule has 100 valence electrons. The van der Waals surface area contributed by atoms with Crippen LogP contribution in [0.25, 0.3) is 0 Å². The van der Waals surface area contributed by atoms with Gasteiger partial charge in [-0.05, 0) is 35.4 Å². The molecular formula is C13H14N2O3S. The van der Waals surface area contributed by atoms with Crippen LogP contribution in [-0.2, 0) is 0 Å². The molecule has 0 radical (unpaired) electrons. The lowest BCUT2D eigenvalue weighted by molar-refractivity contribution is -0.385. The van der Waals surface area contributed by atoms with Crippen LogP contribution < -0.4 is 10.1 Å². The monoisotopic (exact) mass is 278 g/mol. The molecule has 0 saturated carbocycles. The van der Waals surface area contributed by atoms with E-state index in [0.29, 0.717) is 0 Å². The number of hydrogen-bond donors (Lipinski definition) is 1. The van der Waals surface area contributed by atoms with E-state index in [9.17, 15) is 10.1 Å². The van der Waals surface area contributed by atoms with Gasteiger partial charge in [0.2, 0.25) is 0 Å². The predicted molar refractivity (Wildman–Crippen MR) is 76.0 cm³/mol. The number of benzene rings is 1. The van der Waals surface area contributed by atoms with Crippen LogP contribution in [0.3, 0.4) is 0 Å². The van der Waals surface area contributed by atoms with Crippen LogP contribution in [0.4, 0.5) is 11.4 Å². The van der Waals surface area contributed by atoms with Gasteiger partial charge in [0.1, 0.15) is 0 Å². The molecule has 0 aliphatic rings. The topological polar surface area (TPSA) is 64.4 Å². The largest absolute Gasteiger partial charge is 0.490 e. The van der Waals surface area contributed by atoms with Crippen molar-refractivity contribution in [3.63, 3.8) is 0 Å². The van der Waals surface area contributed by atoms with Crippen molar-refractivity contribution in [1.29, 1.82) is 0 Å². The van der Waals surface area contributed by atoms with Crippen LogP contribution in [-0.4, -0.2) is 12.0 Å². The number of hydrogen-bond acceptors (Lipinski definition) is 5. The Morgan fingerprint density at radius 2 is 2.21 bits per heavy atom. The van der Waals surface area contributed by atoms with Crippen molar-refractivity contribution in [2.24, 2.45) is 0 Å². The molecule has 1 atom stereocenters. The van der Waals surface area contributed by atoms with Gasteiger partial charge in [-0.25, -0.2) is 0 Å². The predicted octanol–water partition coefficient (Wildman–Crippen LogP) is 3.84. The third kappa shape index (κ3) is 3.03. The molecule has 0 aliphatic carbocycles. The maximum Gasteiger partial charge on any atom is 0.311 e. The number of rotatable bonds is 5. The Balaban J connectivity index is 2.20. The summed E-state index contributed by atoms with van der Waals surface area (Å²) in [5.74, 6) is 0.257. The highest BCUT2D eigenvalue weighted by Crippen LogP contribution is 2.31. The van der Waals surface area contributed by atoms with Gasteiger partial charge in [0.05, 0.1) is 12.0 Å². The van der Waals surface area contributed by atoms with Crippen LogP contribution in [0.5, 0.6) is 5.75 Å². The molecule has 19 heavy (non-hydrogen) atoms. The maximum atomic E-state index is 10.8. The summed E-state index contributed by atoms with van der Waals surface area (Å²) in [7, 11) is 1.43. The average Bonchev–Trinajstić information content (AvgIpc) is 2.92. The molecule has 0 amide bonds. The number of nitrogens with zero attached hydrogens (tertiary/aromatic N) is 1. The fraction of sp³-hybridized carbons (Fsp3) is 0.231. The van der Waals surface area contributed by atoms with Crippen molar-refractivity contribution in [3.05, 3.63) is 50.7 Å². The number of thiophene rings is 1. The van der Waals surface area contributed by atoms with Crippen LogP contribution in [0.1, 0.15) is 18.5 Å². The van der Waals surface area contributed by atoms with Crippen molar-refractivity contribution in [2.75, 3.05) is 12.4 Å². The van der Waals surface area contributed by atoms with Gasteiger partial charge in [0, 0.05) is 23.9 Å². The van der Waals surface area contributed by atoms with Crippen molar-refractivity contribution in [2.45, 2.75) is 13.0 Å². The normalized spacial score (nSPS) is 11.9. The second kappa shape index (κ2) is 5.71. The quantitative estimate of drug-likeness (QED) is 0.666. The molecule has 0 aliphatic heterocycles. The Labute approximate surface area is 115 Å². The summed E-state index contributed by atoms with van der Waals surface area (Å²) in [5, 5.41) is 18.2. The van der Waals surface area contributed by atoms with Crippen LogP contribution in [0.2, 0.25) is 0 Å². The minimum atomic E-state index is -0.453. The molecule has 2 rings (SSSR count). The minimum Gasteiger partial charge on any atom is -0.490 e. The Hall–Kier alpha value is -2.08. The molecule has 0 spiro atoms. The van der Waals surface area contributed by atoms with E-state index in [-0.39, 0.29) is 17.5 Å². The van der Waals surface area contributed by atoms with Crippen molar-refractivity contribution < 1.29 is 9.66 Å². The van der Waals surface area contributed by atoms with Gasteiger partial charge in [0.25, 0.3) is 0 Å². The van der Waals surface area contributed by atoms with Gasteiger partial charge in [-0.1, -0.05) is 0 Å². The molecule has 1 aromatic carbocycles. The Morgan fingerprint density at radius 1 is 1.42 bits per heavy atom. The first-order valence-electron chi connectivity index (χ1n) is 5.73. The second-order valence-electron chi connectivity index (χ2n) is 4.07. The zero-order valence-electron chi connectivity index (χ0n) is 10.6. The Bertz CT molecular complexity index is 569. The fourth-order valence-electron chi connectivity index (χ4n) is 1.77. The minimum absolute atomic E-state index is 0.0313. The maximum absolute atomic E-state index is 10.8. The Kier molecular flexibility index (Phi) is 4.01. The van der Waals surface area contributed by atoms with E-state index in [4.69, 9.17) is 4.74 Å². The summed E-state index contributed by atoms with van der Waals surface area (Å²) >= 11 is 1.64. The van der Waals surface area contributed by atoms with E-state index in [2.05, 4.69) is 10.7 Å². The lowest BCUT2D eigenvalue weighted by Crippen LogP contribution is -2.05. The fourth-order valence-corrected chi connectivity index (χ4v) is 2.53. The molecule has 5 nitrogen and oxygen atoms in total. The summed E-state index contributed by atoms with van der Waals surface area (Å²) in [5.41, 5.74) is 1.94. The highest BCUT2D eigenvalue weighted by atomic mass is 32.1. The third-order valence-corrected chi connectivity index (χ3v) is 3.50. The smallest absolute Gasteiger partial charge is 0.311 e. The van der Waals surface area contributed by atoms with Crippen LogP contribution in [0.15, 0.2) is 35.0 Å². The molecule has 1 aromatic heterocycles. The molecule has 6 heteroatoms. The number of nitro benzene ring substituents is 1. The summed E-state index contributed by atoms with van der Waals surface area (Å²) < 4.78 is 5.04. The van der Waals surface area contributed by atoms with Gasteiger partial charge in [-0.15, -0.1) is 0 Å². The van der Waals surface area contributed by atoms with E-state index in [1.807, 2.05) is 18.4 Å². The van der Waals surface area contributed by atoms with Gasteiger partial charge in [0.15, 0.2) is 5.75 Å². The number of nitrogens with one attached hydrogen (secondary N) is 1. The first-order valence-corrected chi connectivity index (χ1v) is 6.67. The van der Waals surface area contributed by atoms with E-state index in [0.717, 1.165) is 5.69 Å². The first kappa shape index (κ1) is 13.4. The van der Waals surface area contributed by atoms with E-state index < -0.39 is 4.92 Å².